The van der Waals surface area contributed by atoms with Crippen molar-refractivity contribution in [3.63, 3.8) is 0 Å². The number of hydrogen-bond acceptors (Lipinski definition) is 7. The molecule has 1 fully saturated rings. The summed E-state index contributed by atoms with van der Waals surface area (Å²) in [6, 6.07) is 19.4. The number of rotatable bonds is 14. The van der Waals surface area contributed by atoms with Gasteiger partial charge in [0.25, 0.3) is 11.7 Å². The third-order valence-electron chi connectivity index (χ3n) is 7.96. The normalized spacial score (nSPS) is 15.8. The van der Waals surface area contributed by atoms with E-state index in [1.165, 1.54) is 4.90 Å². The maximum atomic E-state index is 13.6. The molecule has 1 atom stereocenters. The fourth-order valence-corrected chi connectivity index (χ4v) is 5.40. The van der Waals surface area contributed by atoms with Gasteiger partial charge < -0.3 is 28.8 Å². The predicted molar refractivity (Wildman–Crippen MR) is 171 cm³/mol. The van der Waals surface area contributed by atoms with Crippen LogP contribution in [0.5, 0.6) is 17.2 Å². The summed E-state index contributed by atoms with van der Waals surface area (Å²) < 4.78 is 19.4. The maximum absolute atomic E-state index is 13.6. The van der Waals surface area contributed by atoms with Crippen LogP contribution in [0.4, 0.5) is 0 Å². The molecule has 1 aliphatic heterocycles. The van der Waals surface area contributed by atoms with Gasteiger partial charge in [-0.15, -0.1) is 0 Å². The second kappa shape index (κ2) is 14.6. The first-order valence-corrected chi connectivity index (χ1v) is 15.2. The number of imidazole rings is 1. The summed E-state index contributed by atoms with van der Waals surface area (Å²) >= 11 is 0. The van der Waals surface area contributed by atoms with Crippen molar-refractivity contribution in [2.75, 3.05) is 20.3 Å². The number of aryl methyl sites for hydroxylation is 2. The number of aliphatic hydroxyl groups excluding tert-OH is 1. The van der Waals surface area contributed by atoms with Crippen molar-refractivity contribution in [1.82, 2.24) is 14.5 Å². The zero-order chi connectivity index (χ0) is 31.8. The highest BCUT2D eigenvalue weighted by atomic mass is 16.5. The molecule has 9 heteroatoms. The van der Waals surface area contributed by atoms with Crippen molar-refractivity contribution >= 4 is 17.4 Å². The van der Waals surface area contributed by atoms with E-state index in [9.17, 15) is 14.7 Å². The molecule has 45 heavy (non-hydrogen) atoms. The van der Waals surface area contributed by atoms with E-state index in [1.807, 2.05) is 48.0 Å². The van der Waals surface area contributed by atoms with Crippen molar-refractivity contribution in [3.05, 3.63) is 113 Å². The number of unbranched alkanes of at least 4 members (excludes halogenated alkanes) is 1. The Kier molecular flexibility index (Phi) is 10.2. The van der Waals surface area contributed by atoms with Gasteiger partial charge in [0.2, 0.25) is 0 Å². The number of aromatic nitrogens is 2. The predicted octanol–water partition coefficient (Wildman–Crippen LogP) is 6.47. The van der Waals surface area contributed by atoms with Crippen LogP contribution in [0.2, 0.25) is 0 Å². The molecule has 0 radical (unpaired) electrons. The Morgan fingerprint density at radius 2 is 1.76 bits per heavy atom. The molecule has 5 rings (SSSR count). The second-order valence-electron chi connectivity index (χ2n) is 11.0. The van der Waals surface area contributed by atoms with Gasteiger partial charge in [0.05, 0.1) is 31.7 Å². The Hall–Kier alpha value is -5.05. The van der Waals surface area contributed by atoms with Crippen LogP contribution >= 0.6 is 0 Å². The molecule has 9 nitrogen and oxygen atoms in total. The minimum Gasteiger partial charge on any atom is -0.507 e. The minimum atomic E-state index is -0.816. The number of nitrogens with zero attached hydrogens (tertiary/aromatic N) is 3. The quantitative estimate of drug-likeness (QED) is 0.0757. The van der Waals surface area contributed by atoms with Gasteiger partial charge in [-0.1, -0.05) is 43.7 Å². The molecule has 3 aromatic carbocycles. The van der Waals surface area contributed by atoms with E-state index in [4.69, 9.17) is 14.2 Å². The van der Waals surface area contributed by atoms with Crippen LogP contribution in [0, 0.1) is 6.92 Å². The van der Waals surface area contributed by atoms with Gasteiger partial charge in [-0.2, -0.15) is 0 Å². The zero-order valence-corrected chi connectivity index (χ0v) is 25.9. The van der Waals surface area contributed by atoms with Crippen LogP contribution in [0.1, 0.15) is 54.5 Å². The first-order valence-electron chi connectivity index (χ1n) is 15.2. The number of hydrogen-bond donors (Lipinski definition) is 1. The molecule has 2 heterocycles. The summed E-state index contributed by atoms with van der Waals surface area (Å²) in [6.45, 7) is 5.99. The molecule has 0 spiro atoms. The number of amides is 1. The van der Waals surface area contributed by atoms with Gasteiger partial charge in [-0.3, -0.25) is 9.59 Å². The lowest BCUT2D eigenvalue weighted by Crippen LogP contribution is -2.31. The van der Waals surface area contributed by atoms with E-state index in [0.717, 1.165) is 24.0 Å². The number of methoxy groups -OCH3 is 1. The number of aliphatic hydroxyl groups is 1. The number of ketones is 1. The second-order valence-corrected chi connectivity index (χ2v) is 11.0. The van der Waals surface area contributed by atoms with E-state index in [2.05, 4.69) is 11.9 Å². The number of likely N-dealkylation sites (tertiary alicyclic amines) is 1. The van der Waals surface area contributed by atoms with E-state index in [0.29, 0.717) is 61.1 Å². The van der Waals surface area contributed by atoms with Gasteiger partial charge in [0.1, 0.15) is 18.1 Å². The highest BCUT2D eigenvalue weighted by molar-refractivity contribution is 6.46. The Labute approximate surface area is 263 Å². The first kappa shape index (κ1) is 31.4. The highest BCUT2D eigenvalue weighted by Crippen LogP contribution is 2.42. The fourth-order valence-electron chi connectivity index (χ4n) is 5.40. The average Bonchev–Trinajstić information content (AvgIpc) is 3.67. The molecule has 1 unspecified atom stereocenters. The molecular formula is C36H39N3O6. The van der Waals surface area contributed by atoms with Crippen molar-refractivity contribution in [2.24, 2.45) is 0 Å². The van der Waals surface area contributed by atoms with Crippen LogP contribution in [0.25, 0.3) is 5.76 Å². The molecule has 1 amide bonds. The summed E-state index contributed by atoms with van der Waals surface area (Å²) in [5.41, 5.74) is 3.29. The van der Waals surface area contributed by atoms with Crippen molar-refractivity contribution in [2.45, 2.75) is 52.3 Å². The fraction of sp³-hybridized carbons (Fsp3) is 0.306. The Bertz CT molecular complexity index is 1650. The Balaban J connectivity index is 1.45. The third kappa shape index (κ3) is 7.20. The maximum Gasteiger partial charge on any atom is 0.295 e. The lowest BCUT2D eigenvalue weighted by molar-refractivity contribution is -0.139. The summed E-state index contributed by atoms with van der Waals surface area (Å²) in [6.07, 6.45) is 7.74. The molecule has 1 saturated heterocycles. The van der Waals surface area contributed by atoms with Gasteiger partial charge in [-0.25, -0.2) is 4.98 Å². The molecule has 1 aromatic heterocycles. The van der Waals surface area contributed by atoms with Crippen LogP contribution in [-0.4, -0.2) is 51.5 Å². The van der Waals surface area contributed by atoms with E-state index < -0.39 is 17.7 Å². The number of carbonyl (C=O) groups is 2. The lowest BCUT2D eigenvalue weighted by atomic mass is 9.95. The minimum absolute atomic E-state index is 0.0258. The molecule has 1 aliphatic rings. The summed E-state index contributed by atoms with van der Waals surface area (Å²) in [7, 11) is 1.55. The molecule has 0 bridgehead atoms. The lowest BCUT2D eigenvalue weighted by Gasteiger charge is -2.26. The van der Waals surface area contributed by atoms with Crippen molar-refractivity contribution in [1.29, 1.82) is 0 Å². The Morgan fingerprint density at radius 3 is 2.47 bits per heavy atom. The van der Waals surface area contributed by atoms with E-state index in [-0.39, 0.29) is 11.3 Å². The number of carbonyl (C=O) groups excluding carboxylic acids is 2. The van der Waals surface area contributed by atoms with Crippen molar-refractivity contribution in [3.8, 4) is 17.2 Å². The first-order chi connectivity index (χ1) is 21.9. The molecule has 0 saturated carbocycles. The molecule has 234 valence electrons. The van der Waals surface area contributed by atoms with Crippen molar-refractivity contribution < 1.29 is 28.9 Å². The zero-order valence-electron chi connectivity index (χ0n) is 25.9. The summed E-state index contributed by atoms with van der Waals surface area (Å²) in [5.74, 6) is 0.0449. The topological polar surface area (TPSA) is 103 Å². The van der Waals surface area contributed by atoms with Crippen LogP contribution < -0.4 is 14.2 Å². The highest BCUT2D eigenvalue weighted by Gasteiger charge is 2.46. The van der Waals surface area contributed by atoms with Gasteiger partial charge in [0.15, 0.2) is 11.5 Å². The van der Waals surface area contributed by atoms with Gasteiger partial charge in [-0.05, 0) is 72.9 Å². The molecule has 0 aliphatic carbocycles. The van der Waals surface area contributed by atoms with Crippen LogP contribution in [0.15, 0.2) is 91.0 Å². The SMILES string of the molecule is CCCCOc1ccc(C2/C(=C(\O)c3ccc(OCc4ccccc4C)cc3)C(=O)C(=O)N2CCCn2ccnc2)cc1OC. The third-order valence-corrected chi connectivity index (χ3v) is 7.96. The Morgan fingerprint density at radius 1 is 0.956 bits per heavy atom. The summed E-state index contributed by atoms with van der Waals surface area (Å²) in [5, 5.41) is 11.6. The smallest absolute Gasteiger partial charge is 0.295 e. The monoisotopic (exact) mass is 609 g/mol. The molecular weight excluding hydrogens is 570 g/mol. The number of Topliss-reactive ketones (excluding diaryl/α,β-unsaturated/α-hetero) is 1. The summed E-state index contributed by atoms with van der Waals surface area (Å²) in [4.78, 5) is 32.6. The largest absolute Gasteiger partial charge is 0.507 e. The molecule has 4 aromatic rings. The standard InChI is InChI=1S/C36H39N3O6/c1-4-5-21-44-30-16-13-27(22-31(30)43-3)33-32(35(41)36(42)39(33)19-8-18-38-20-17-37-24-38)34(40)26-11-14-29(15-12-26)45-23-28-10-7-6-9-25(28)2/h6-7,9-17,20,22,24,33,40H,4-5,8,18-19,21,23H2,1-3H3/b34-32+. The van der Waals surface area contributed by atoms with Crippen LogP contribution in [-0.2, 0) is 22.7 Å². The van der Waals surface area contributed by atoms with E-state index in [1.54, 1.807) is 56.0 Å². The number of ether oxygens (including phenoxy) is 3. The van der Waals surface area contributed by atoms with Gasteiger partial charge >= 0.3 is 0 Å². The average molecular weight is 610 g/mol. The van der Waals surface area contributed by atoms with Gasteiger partial charge in [0, 0.05) is 31.0 Å². The van der Waals surface area contributed by atoms with Crippen LogP contribution in [0.3, 0.4) is 0 Å². The molecule has 1 N–H and O–H groups in total. The van der Waals surface area contributed by atoms with E-state index >= 15 is 0 Å². The number of benzene rings is 3.